The fraction of sp³-hybridized carbons (Fsp3) is 0.333. The number of amidine groups is 1. The van der Waals surface area contributed by atoms with Gasteiger partial charge in [-0.2, -0.15) is 0 Å². The van der Waals surface area contributed by atoms with E-state index in [0.717, 1.165) is 0 Å². The molecule has 0 saturated heterocycles. The topological polar surface area (TPSA) is 44.7 Å². The number of hydrogen-bond acceptors (Lipinski definition) is 4. The number of carbonyl (C=O) groups excluding carboxylic acids is 1. The van der Waals surface area contributed by atoms with Crippen molar-refractivity contribution >= 4 is 22.8 Å². The minimum absolute atomic E-state index is 0.182. The molecule has 14 heavy (non-hydrogen) atoms. The first-order valence-electron chi connectivity index (χ1n) is 3.98. The van der Waals surface area contributed by atoms with Crippen molar-refractivity contribution in [3.63, 3.8) is 0 Å². The Bertz CT molecular complexity index is 338. The summed E-state index contributed by atoms with van der Waals surface area (Å²) < 4.78 is 0. The van der Waals surface area contributed by atoms with Crippen LogP contribution in [0, 0.1) is 12.3 Å². The number of nitrogens with one attached hydrogen (secondary N) is 1. The first-order chi connectivity index (χ1) is 6.63. The van der Waals surface area contributed by atoms with E-state index in [4.69, 9.17) is 6.42 Å². The summed E-state index contributed by atoms with van der Waals surface area (Å²) in [6.07, 6.45) is 6.76. The van der Waals surface area contributed by atoms with Gasteiger partial charge in [0.1, 0.15) is 5.70 Å². The smallest absolute Gasteiger partial charge is 0.277 e. The monoisotopic (exact) mass is 209 g/mol. The third kappa shape index (κ3) is 2.82. The zero-order valence-electron chi connectivity index (χ0n) is 8.07. The predicted octanol–water partition coefficient (Wildman–Crippen LogP) is 0.242. The van der Waals surface area contributed by atoms with Crippen molar-refractivity contribution in [2.45, 2.75) is 0 Å². The Hall–Kier alpha value is -1.41. The molecule has 0 radical (unpaired) electrons. The van der Waals surface area contributed by atoms with E-state index in [1.54, 1.807) is 11.1 Å². The largest absolute Gasteiger partial charge is 0.382 e. The summed E-state index contributed by atoms with van der Waals surface area (Å²) in [7, 11) is 3.67. The predicted molar refractivity (Wildman–Crippen MR) is 58.6 cm³/mol. The van der Waals surface area contributed by atoms with Crippen molar-refractivity contribution in [2.75, 3.05) is 19.8 Å². The Balaban J connectivity index is 2.68. The molecule has 0 atom stereocenters. The van der Waals surface area contributed by atoms with E-state index in [1.165, 1.54) is 11.8 Å². The number of terminal acetylenes is 1. The van der Waals surface area contributed by atoms with Gasteiger partial charge < -0.3 is 4.90 Å². The van der Waals surface area contributed by atoms with E-state index in [-0.39, 0.29) is 5.91 Å². The first kappa shape index (κ1) is 10.7. The molecule has 5 heteroatoms. The quantitative estimate of drug-likeness (QED) is 0.523. The van der Waals surface area contributed by atoms with Gasteiger partial charge in [-0.25, -0.2) is 4.99 Å². The summed E-state index contributed by atoms with van der Waals surface area (Å²) in [6.45, 7) is 0. The molecule has 1 N–H and O–H groups in total. The molecule has 0 aromatic heterocycles. The van der Waals surface area contributed by atoms with Crippen LogP contribution in [-0.2, 0) is 4.79 Å². The van der Waals surface area contributed by atoms with Crippen LogP contribution in [0.1, 0.15) is 0 Å². The van der Waals surface area contributed by atoms with Crippen molar-refractivity contribution in [2.24, 2.45) is 4.99 Å². The zero-order valence-corrected chi connectivity index (χ0v) is 8.89. The van der Waals surface area contributed by atoms with E-state index in [2.05, 4.69) is 16.2 Å². The Labute approximate surface area is 87.5 Å². The second-order valence-corrected chi connectivity index (χ2v) is 3.81. The molecule has 74 valence electrons. The van der Waals surface area contributed by atoms with Crippen molar-refractivity contribution in [3.05, 3.63) is 11.9 Å². The molecule has 4 nitrogen and oxygen atoms in total. The van der Waals surface area contributed by atoms with Gasteiger partial charge in [0.2, 0.25) is 0 Å². The minimum Gasteiger partial charge on any atom is -0.382 e. The van der Waals surface area contributed by atoms with Gasteiger partial charge >= 0.3 is 0 Å². The summed E-state index contributed by atoms with van der Waals surface area (Å²) in [5.74, 6) is 2.79. The summed E-state index contributed by atoms with van der Waals surface area (Å²) in [4.78, 5) is 17.2. The first-order valence-corrected chi connectivity index (χ1v) is 4.96. The lowest BCUT2D eigenvalue weighted by molar-refractivity contribution is -0.115. The molecule has 1 rings (SSSR count). The Morgan fingerprint density at radius 2 is 2.43 bits per heavy atom. The lowest BCUT2D eigenvalue weighted by Crippen LogP contribution is -2.22. The molecule has 0 aliphatic carbocycles. The Morgan fingerprint density at radius 3 is 3.00 bits per heavy atom. The number of amides is 1. The number of carbonyl (C=O) groups is 1. The molecular formula is C9H11N3OS. The fourth-order valence-electron chi connectivity index (χ4n) is 0.860. The van der Waals surface area contributed by atoms with Crippen molar-refractivity contribution in [1.82, 2.24) is 10.2 Å². The van der Waals surface area contributed by atoms with Crippen LogP contribution in [0.15, 0.2) is 16.9 Å². The molecule has 1 aliphatic rings. The molecule has 1 aliphatic heterocycles. The van der Waals surface area contributed by atoms with Crippen molar-refractivity contribution in [3.8, 4) is 12.3 Å². The van der Waals surface area contributed by atoms with Crippen molar-refractivity contribution < 1.29 is 4.79 Å². The average Bonchev–Trinajstić information content (AvgIpc) is 2.43. The Morgan fingerprint density at radius 1 is 1.71 bits per heavy atom. The normalized spacial score (nSPS) is 17.6. The van der Waals surface area contributed by atoms with Gasteiger partial charge in [-0.15, -0.1) is 6.42 Å². The van der Waals surface area contributed by atoms with Gasteiger partial charge in [0.25, 0.3) is 5.91 Å². The van der Waals surface area contributed by atoms with Gasteiger partial charge in [-0.05, 0) is 0 Å². The highest BCUT2D eigenvalue weighted by molar-refractivity contribution is 8.14. The van der Waals surface area contributed by atoms with Gasteiger partial charge in [0, 0.05) is 20.3 Å². The highest BCUT2D eigenvalue weighted by Gasteiger charge is 2.19. The van der Waals surface area contributed by atoms with Crippen LogP contribution in [0.25, 0.3) is 0 Å². The van der Waals surface area contributed by atoms with Crippen molar-refractivity contribution in [1.29, 1.82) is 0 Å². The van der Waals surface area contributed by atoms with Crippen LogP contribution in [0.5, 0.6) is 0 Å². The average molecular weight is 209 g/mol. The molecule has 1 heterocycles. The van der Waals surface area contributed by atoms with Gasteiger partial charge in [-0.1, -0.05) is 17.7 Å². The third-order valence-corrected chi connectivity index (χ3v) is 2.13. The summed E-state index contributed by atoms with van der Waals surface area (Å²) >= 11 is 1.34. The molecule has 0 unspecified atom stereocenters. The molecule has 0 aromatic rings. The highest BCUT2D eigenvalue weighted by Crippen LogP contribution is 2.12. The van der Waals surface area contributed by atoms with Gasteiger partial charge in [0.05, 0.1) is 5.75 Å². The van der Waals surface area contributed by atoms with E-state index >= 15 is 0 Å². The van der Waals surface area contributed by atoms with E-state index in [9.17, 15) is 4.79 Å². The number of aliphatic imine (C=N–C) groups is 1. The SMILES string of the molecule is C#CCSC1=N/C(=C/N(C)C)C(=O)N1. The molecule has 1 amide bonds. The van der Waals surface area contributed by atoms with E-state index in [0.29, 0.717) is 16.6 Å². The van der Waals surface area contributed by atoms with Gasteiger partial charge in [-0.3, -0.25) is 10.1 Å². The summed E-state index contributed by atoms with van der Waals surface area (Å²) in [5, 5.41) is 3.20. The van der Waals surface area contributed by atoms with Crippen LogP contribution in [-0.4, -0.2) is 35.8 Å². The Kier molecular flexibility index (Phi) is 3.60. The lowest BCUT2D eigenvalue weighted by atomic mass is 10.4. The molecule has 0 spiro atoms. The highest BCUT2D eigenvalue weighted by atomic mass is 32.2. The van der Waals surface area contributed by atoms with E-state index in [1.807, 2.05) is 14.1 Å². The maximum atomic E-state index is 11.3. The van der Waals surface area contributed by atoms with Crippen LogP contribution >= 0.6 is 11.8 Å². The summed E-state index contributed by atoms with van der Waals surface area (Å²) in [5.41, 5.74) is 0.412. The van der Waals surface area contributed by atoms with Crippen LogP contribution in [0.3, 0.4) is 0 Å². The standard InChI is InChI=1S/C9H11N3OS/c1-4-5-14-9-10-7(6-12(2)3)8(13)11-9/h1,6H,5H2,2-3H3,(H,10,11,13)/b7-6+. The van der Waals surface area contributed by atoms with Crippen LogP contribution in [0.4, 0.5) is 0 Å². The maximum absolute atomic E-state index is 11.3. The maximum Gasteiger partial charge on any atom is 0.277 e. The second kappa shape index (κ2) is 4.72. The zero-order chi connectivity index (χ0) is 10.6. The number of nitrogens with zero attached hydrogens (tertiary/aromatic N) is 2. The van der Waals surface area contributed by atoms with E-state index < -0.39 is 0 Å². The second-order valence-electron chi connectivity index (χ2n) is 2.84. The number of hydrogen-bond donors (Lipinski definition) is 1. The van der Waals surface area contributed by atoms with Crippen LogP contribution < -0.4 is 5.32 Å². The fourth-order valence-corrected chi connectivity index (χ4v) is 1.41. The van der Waals surface area contributed by atoms with Gasteiger partial charge in [0.15, 0.2) is 5.17 Å². The van der Waals surface area contributed by atoms with Crippen LogP contribution in [0.2, 0.25) is 0 Å². The minimum atomic E-state index is -0.182. The molecule has 0 bridgehead atoms. The lowest BCUT2D eigenvalue weighted by Gasteiger charge is -2.02. The molecular weight excluding hydrogens is 198 g/mol. The third-order valence-electron chi connectivity index (χ3n) is 1.35. The number of rotatable bonds is 2. The summed E-state index contributed by atoms with van der Waals surface area (Å²) in [6, 6.07) is 0. The molecule has 0 fully saturated rings. The number of thioether (sulfide) groups is 1. The molecule has 0 aromatic carbocycles. The molecule has 0 saturated carbocycles.